The van der Waals surface area contributed by atoms with Gasteiger partial charge in [0.1, 0.15) is 0 Å². The van der Waals surface area contributed by atoms with Gasteiger partial charge >= 0.3 is 0 Å². The van der Waals surface area contributed by atoms with Gasteiger partial charge in [-0.05, 0) is 60.4 Å². The minimum Gasteiger partial charge on any atom is -0.274 e. The zero-order valence-electron chi connectivity index (χ0n) is 19.6. The zero-order chi connectivity index (χ0) is 24.3. The van der Waals surface area contributed by atoms with Gasteiger partial charge in [-0.2, -0.15) is 5.26 Å². The van der Waals surface area contributed by atoms with E-state index in [1.165, 1.54) is 21.6 Å². The number of carbonyl (C=O) groups is 2. The van der Waals surface area contributed by atoms with Crippen molar-refractivity contribution in [2.75, 3.05) is 4.90 Å². The number of hydrogen-bond donors (Lipinski definition) is 0. The second-order valence-corrected chi connectivity index (χ2v) is 9.72. The molecule has 3 aliphatic rings. The second-order valence-electron chi connectivity index (χ2n) is 9.72. The maximum absolute atomic E-state index is 13.7. The largest absolute Gasteiger partial charge is 0.274 e. The summed E-state index contributed by atoms with van der Waals surface area (Å²) in [5.74, 6) is -1.30. The van der Waals surface area contributed by atoms with E-state index >= 15 is 0 Å². The molecule has 1 aliphatic heterocycles. The maximum atomic E-state index is 13.7. The first kappa shape index (κ1) is 21.3. The number of fused-ring (bicyclic) bond motifs is 5. The molecular formula is C31H24N2O2. The number of rotatable bonds is 3. The van der Waals surface area contributed by atoms with Gasteiger partial charge in [0.15, 0.2) is 0 Å². The molecule has 4 nitrogen and oxygen atoms in total. The maximum Gasteiger partial charge on any atom is 0.238 e. The van der Waals surface area contributed by atoms with Crippen molar-refractivity contribution >= 4 is 23.1 Å². The Labute approximate surface area is 204 Å². The summed E-state index contributed by atoms with van der Waals surface area (Å²) < 4.78 is 0. The topological polar surface area (TPSA) is 61.2 Å². The number of aryl methyl sites for hydroxylation is 2. The Kier molecular flexibility index (Phi) is 4.82. The van der Waals surface area contributed by atoms with E-state index in [0.29, 0.717) is 11.3 Å². The number of nitriles is 1. The minimum absolute atomic E-state index is 0.109. The van der Waals surface area contributed by atoms with Crippen LogP contribution in [-0.2, 0) is 9.59 Å². The lowest BCUT2D eigenvalue weighted by Crippen LogP contribution is -2.33. The summed E-state index contributed by atoms with van der Waals surface area (Å²) in [6.45, 7) is 4.14. The van der Waals surface area contributed by atoms with Crippen molar-refractivity contribution in [2.24, 2.45) is 23.7 Å². The Morgan fingerprint density at radius 2 is 1.17 bits per heavy atom. The Hall–Kier alpha value is -4.23. The summed E-state index contributed by atoms with van der Waals surface area (Å²) in [5.41, 5.74) is 7.94. The molecule has 4 heteroatoms. The number of nitrogens with zero attached hydrogens (tertiary/aromatic N) is 2. The SMILES string of the molecule is Cc1ccc(C(=C2[C@H]3C=C[C@H]2[C@H]2C(=O)N(c4ccc(C#N)cc4)C(=O)[C@@H]23)c2ccc(C)cc2)cc1. The van der Waals surface area contributed by atoms with Gasteiger partial charge in [0, 0.05) is 11.8 Å². The van der Waals surface area contributed by atoms with Crippen LogP contribution in [0, 0.1) is 48.9 Å². The van der Waals surface area contributed by atoms with Gasteiger partial charge in [-0.15, -0.1) is 0 Å². The molecule has 3 aromatic carbocycles. The fourth-order valence-electron chi connectivity index (χ4n) is 5.98. The van der Waals surface area contributed by atoms with Crippen molar-refractivity contribution in [2.45, 2.75) is 13.8 Å². The third-order valence-electron chi connectivity index (χ3n) is 7.64. The van der Waals surface area contributed by atoms with Crippen molar-refractivity contribution in [3.63, 3.8) is 0 Å². The molecule has 0 spiro atoms. The summed E-state index contributed by atoms with van der Waals surface area (Å²) in [5, 5.41) is 9.10. The van der Waals surface area contributed by atoms with Crippen LogP contribution in [0.25, 0.3) is 5.57 Å². The van der Waals surface area contributed by atoms with Crippen LogP contribution in [0.2, 0.25) is 0 Å². The fourth-order valence-corrected chi connectivity index (χ4v) is 5.98. The molecule has 1 heterocycles. The predicted octanol–water partition coefficient (Wildman–Crippen LogP) is 5.60. The lowest BCUT2D eigenvalue weighted by molar-refractivity contribution is -0.122. The lowest BCUT2D eigenvalue weighted by atomic mass is 9.85. The fraction of sp³-hybridized carbons (Fsp3) is 0.194. The highest BCUT2D eigenvalue weighted by molar-refractivity contribution is 6.23. The average molecular weight is 457 g/mol. The molecule has 0 aromatic heterocycles. The van der Waals surface area contributed by atoms with E-state index in [4.69, 9.17) is 5.26 Å². The minimum atomic E-state index is -0.394. The first-order chi connectivity index (χ1) is 17.0. The van der Waals surface area contributed by atoms with Crippen molar-refractivity contribution in [1.29, 1.82) is 5.26 Å². The number of imide groups is 1. The van der Waals surface area contributed by atoms with Crippen LogP contribution in [0.15, 0.2) is 90.5 Å². The second kappa shape index (κ2) is 7.92. The van der Waals surface area contributed by atoms with E-state index in [-0.39, 0.29) is 23.7 Å². The number of benzene rings is 3. The molecular weight excluding hydrogens is 432 g/mol. The zero-order valence-corrected chi connectivity index (χ0v) is 19.6. The summed E-state index contributed by atoms with van der Waals surface area (Å²) in [7, 11) is 0. The first-order valence-corrected chi connectivity index (χ1v) is 11.9. The molecule has 1 saturated heterocycles. The average Bonchev–Trinajstić information content (AvgIpc) is 3.51. The number of allylic oxidation sites excluding steroid dienone is 3. The summed E-state index contributed by atoms with van der Waals surface area (Å²) in [6, 6.07) is 25.7. The molecule has 35 heavy (non-hydrogen) atoms. The van der Waals surface area contributed by atoms with E-state index in [1.807, 2.05) is 0 Å². The number of amides is 2. The quantitative estimate of drug-likeness (QED) is 0.381. The highest BCUT2D eigenvalue weighted by Gasteiger charge is 2.62. The monoisotopic (exact) mass is 456 g/mol. The molecule has 2 bridgehead atoms. The van der Waals surface area contributed by atoms with E-state index in [1.54, 1.807) is 24.3 Å². The van der Waals surface area contributed by atoms with Gasteiger partial charge in [0.25, 0.3) is 0 Å². The van der Waals surface area contributed by atoms with Crippen LogP contribution in [0.5, 0.6) is 0 Å². The van der Waals surface area contributed by atoms with Crippen LogP contribution < -0.4 is 4.90 Å². The van der Waals surface area contributed by atoms with Crippen LogP contribution in [0.3, 0.4) is 0 Å². The highest BCUT2D eigenvalue weighted by Crippen LogP contribution is 2.58. The normalized spacial score (nSPS) is 24.1. The van der Waals surface area contributed by atoms with Crippen molar-refractivity contribution in [1.82, 2.24) is 0 Å². The van der Waals surface area contributed by atoms with Crippen LogP contribution >= 0.6 is 0 Å². The summed E-state index contributed by atoms with van der Waals surface area (Å²) in [6.07, 6.45) is 4.24. The predicted molar refractivity (Wildman–Crippen MR) is 135 cm³/mol. The van der Waals surface area contributed by atoms with Crippen molar-refractivity contribution in [3.05, 3.63) is 118 Å². The van der Waals surface area contributed by atoms with Crippen molar-refractivity contribution < 1.29 is 9.59 Å². The highest BCUT2D eigenvalue weighted by atomic mass is 16.2. The molecule has 4 atom stereocenters. The van der Waals surface area contributed by atoms with Crippen LogP contribution in [0.4, 0.5) is 5.69 Å². The molecule has 2 aliphatic carbocycles. The molecule has 1 saturated carbocycles. The van der Waals surface area contributed by atoms with Gasteiger partial charge < -0.3 is 0 Å². The molecule has 170 valence electrons. The van der Waals surface area contributed by atoms with Gasteiger partial charge in [0.05, 0.1) is 29.2 Å². The molecule has 3 aromatic rings. The summed E-state index contributed by atoms with van der Waals surface area (Å²) >= 11 is 0. The van der Waals surface area contributed by atoms with Gasteiger partial charge in [-0.1, -0.05) is 71.8 Å². The Bertz CT molecular complexity index is 1370. The smallest absolute Gasteiger partial charge is 0.238 e. The van der Waals surface area contributed by atoms with E-state index in [2.05, 4.69) is 80.6 Å². The molecule has 0 radical (unpaired) electrons. The Balaban J connectivity index is 1.47. The van der Waals surface area contributed by atoms with Crippen molar-refractivity contribution in [3.8, 4) is 6.07 Å². The molecule has 2 amide bonds. The standard InChI is InChI=1S/C31H24N2O2/c1-18-3-9-21(10-4-18)26(22-11-5-19(2)6-12-22)27-24-15-16-25(27)29-28(24)30(34)33(31(29)35)23-13-7-20(17-32)8-14-23/h3-16,24-25,28-29H,1-2H3/t24-,25-,28-,29-/m1/s1. The van der Waals surface area contributed by atoms with E-state index in [9.17, 15) is 9.59 Å². The number of carbonyl (C=O) groups excluding carboxylic acids is 2. The third kappa shape index (κ3) is 3.19. The summed E-state index contributed by atoms with van der Waals surface area (Å²) in [4.78, 5) is 28.6. The number of anilines is 1. The molecule has 0 unspecified atom stereocenters. The molecule has 6 rings (SSSR count). The third-order valence-corrected chi connectivity index (χ3v) is 7.64. The number of hydrogen-bond acceptors (Lipinski definition) is 3. The van der Waals surface area contributed by atoms with Crippen LogP contribution in [0.1, 0.15) is 27.8 Å². The van der Waals surface area contributed by atoms with Crippen LogP contribution in [-0.4, -0.2) is 11.8 Å². The van der Waals surface area contributed by atoms with Gasteiger partial charge in [-0.3, -0.25) is 9.59 Å². The lowest BCUT2D eigenvalue weighted by Gasteiger charge is -2.22. The molecule has 0 N–H and O–H groups in total. The Morgan fingerprint density at radius 1 is 0.714 bits per heavy atom. The van der Waals surface area contributed by atoms with E-state index < -0.39 is 11.8 Å². The van der Waals surface area contributed by atoms with Gasteiger partial charge in [-0.25, -0.2) is 4.90 Å². The van der Waals surface area contributed by atoms with E-state index in [0.717, 1.165) is 16.7 Å². The first-order valence-electron chi connectivity index (χ1n) is 11.9. The van der Waals surface area contributed by atoms with Gasteiger partial charge in [0.2, 0.25) is 11.8 Å². The Morgan fingerprint density at radius 3 is 1.60 bits per heavy atom. The molecule has 2 fully saturated rings.